The van der Waals surface area contributed by atoms with Gasteiger partial charge in [-0.3, -0.25) is 0 Å². The summed E-state index contributed by atoms with van der Waals surface area (Å²) in [5, 5.41) is 14.9. The van der Waals surface area contributed by atoms with Gasteiger partial charge < -0.3 is 10.4 Å². The summed E-state index contributed by atoms with van der Waals surface area (Å²) in [6.07, 6.45) is 5.14. The third-order valence-corrected chi connectivity index (χ3v) is 4.20. The molecule has 1 unspecified atom stereocenters. The molecule has 0 heterocycles. The summed E-state index contributed by atoms with van der Waals surface area (Å²) in [7, 11) is 1.87. The standard InChI is InChI=1S/C22H24FNO.C2H6/c1-5-7-21(23)20(6-2)15(3)12-22(24-4)18-9-8-17-14-19(25)11-10-16(17)13-18;1-2/h5-11,13-14,22,24-25H,2-3,12H2,1,4H3;1-2H3/b7-5-,21-20-;. The number of phenols is 1. The Morgan fingerprint density at radius 2 is 1.81 bits per heavy atom. The predicted octanol–water partition coefficient (Wildman–Crippen LogP) is 6.76. The summed E-state index contributed by atoms with van der Waals surface area (Å²) in [4.78, 5) is 0. The van der Waals surface area contributed by atoms with Crippen molar-refractivity contribution in [3.63, 3.8) is 0 Å². The third kappa shape index (κ3) is 5.93. The van der Waals surface area contributed by atoms with E-state index in [9.17, 15) is 9.50 Å². The average molecular weight is 368 g/mol. The largest absolute Gasteiger partial charge is 0.508 e. The number of fused-ring (bicyclic) bond motifs is 1. The highest BCUT2D eigenvalue weighted by Crippen LogP contribution is 2.29. The van der Waals surface area contributed by atoms with Crippen LogP contribution in [0.2, 0.25) is 0 Å². The Hall–Kier alpha value is -2.65. The molecule has 0 fully saturated rings. The fourth-order valence-corrected chi connectivity index (χ4v) is 2.86. The Kier molecular flexibility index (Phi) is 9.24. The quantitative estimate of drug-likeness (QED) is 0.530. The molecule has 2 N–H and O–H groups in total. The van der Waals surface area contributed by atoms with E-state index in [1.165, 1.54) is 12.2 Å². The van der Waals surface area contributed by atoms with Gasteiger partial charge in [-0.2, -0.15) is 0 Å². The fraction of sp³-hybridized carbons (Fsp3) is 0.250. The first-order chi connectivity index (χ1) is 13.0. The van der Waals surface area contributed by atoms with E-state index in [0.717, 1.165) is 16.3 Å². The van der Waals surface area contributed by atoms with Gasteiger partial charge in [-0.05, 0) is 66.6 Å². The maximum absolute atomic E-state index is 14.1. The van der Waals surface area contributed by atoms with E-state index < -0.39 is 0 Å². The zero-order valence-corrected chi connectivity index (χ0v) is 16.7. The van der Waals surface area contributed by atoms with Crippen LogP contribution < -0.4 is 5.32 Å². The first kappa shape index (κ1) is 22.4. The zero-order valence-electron chi connectivity index (χ0n) is 16.7. The lowest BCUT2D eigenvalue weighted by atomic mass is 9.93. The molecule has 2 rings (SSSR count). The van der Waals surface area contributed by atoms with E-state index in [1.54, 1.807) is 25.1 Å². The molecule has 0 saturated heterocycles. The van der Waals surface area contributed by atoms with Crippen LogP contribution in [-0.2, 0) is 0 Å². The summed E-state index contributed by atoms with van der Waals surface area (Å²) in [5.74, 6) is -0.0784. The van der Waals surface area contributed by atoms with Gasteiger partial charge in [-0.25, -0.2) is 4.39 Å². The van der Waals surface area contributed by atoms with Crippen molar-refractivity contribution in [1.29, 1.82) is 0 Å². The van der Waals surface area contributed by atoms with Crippen LogP contribution in [0.3, 0.4) is 0 Å². The molecule has 2 aromatic carbocycles. The van der Waals surface area contributed by atoms with E-state index in [1.807, 2.05) is 39.1 Å². The monoisotopic (exact) mass is 367 g/mol. The van der Waals surface area contributed by atoms with Crippen LogP contribution in [-0.4, -0.2) is 12.2 Å². The smallest absolute Gasteiger partial charge is 0.130 e. The minimum Gasteiger partial charge on any atom is -0.508 e. The SMILES string of the molecule is C=C/C(C(=C)CC(NC)c1ccc2cc(O)ccc2c1)=C(F)\C=C/C.CC. The molecule has 0 spiro atoms. The van der Waals surface area contributed by atoms with E-state index in [2.05, 4.69) is 24.5 Å². The van der Waals surface area contributed by atoms with Crippen LogP contribution in [0.15, 0.2) is 84.8 Å². The number of allylic oxidation sites excluding steroid dienone is 5. The summed E-state index contributed by atoms with van der Waals surface area (Å²) < 4.78 is 14.1. The number of halogens is 1. The molecule has 0 radical (unpaired) electrons. The van der Waals surface area contributed by atoms with Gasteiger partial charge in [-0.1, -0.05) is 57.4 Å². The van der Waals surface area contributed by atoms with E-state index in [-0.39, 0.29) is 17.6 Å². The second-order valence-corrected chi connectivity index (χ2v) is 5.91. The molecular formula is C24H30FNO. The molecule has 144 valence electrons. The zero-order chi connectivity index (χ0) is 20.4. The van der Waals surface area contributed by atoms with E-state index in [0.29, 0.717) is 17.6 Å². The Morgan fingerprint density at radius 1 is 1.19 bits per heavy atom. The van der Waals surface area contributed by atoms with Crippen LogP contribution in [0.25, 0.3) is 10.8 Å². The number of nitrogens with one attached hydrogen (secondary N) is 1. The van der Waals surface area contributed by atoms with Crippen molar-refractivity contribution >= 4 is 10.8 Å². The van der Waals surface area contributed by atoms with Gasteiger partial charge in [0.05, 0.1) is 0 Å². The lowest BCUT2D eigenvalue weighted by Crippen LogP contribution is -2.17. The van der Waals surface area contributed by atoms with Gasteiger partial charge in [0.1, 0.15) is 11.6 Å². The highest BCUT2D eigenvalue weighted by molar-refractivity contribution is 5.84. The molecule has 0 saturated carbocycles. The second-order valence-electron chi connectivity index (χ2n) is 5.91. The lowest BCUT2D eigenvalue weighted by Gasteiger charge is -2.19. The van der Waals surface area contributed by atoms with Gasteiger partial charge in [0, 0.05) is 11.6 Å². The maximum Gasteiger partial charge on any atom is 0.130 e. The molecule has 2 aromatic rings. The van der Waals surface area contributed by atoms with Crippen molar-refractivity contribution in [2.75, 3.05) is 7.05 Å². The van der Waals surface area contributed by atoms with Crippen molar-refractivity contribution < 1.29 is 9.50 Å². The predicted molar refractivity (Wildman–Crippen MR) is 116 cm³/mol. The molecule has 0 amide bonds. The molecular weight excluding hydrogens is 337 g/mol. The van der Waals surface area contributed by atoms with E-state index in [4.69, 9.17) is 0 Å². The summed E-state index contributed by atoms with van der Waals surface area (Å²) in [5.41, 5.74) is 2.21. The molecule has 0 aromatic heterocycles. The minimum atomic E-state index is -0.327. The molecule has 1 atom stereocenters. The molecule has 0 aliphatic rings. The van der Waals surface area contributed by atoms with Gasteiger partial charge >= 0.3 is 0 Å². The van der Waals surface area contributed by atoms with Crippen molar-refractivity contribution in [2.45, 2.75) is 33.2 Å². The van der Waals surface area contributed by atoms with Crippen LogP contribution in [0.4, 0.5) is 4.39 Å². The van der Waals surface area contributed by atoms with Crippen molar-refractivity contribution in [2.24, 2.45) is 0 Å². The third-order valence-electron chi connectivity index (χ3n) is 4.20. The maximum atomic E-state index is 14.1. The molecule has 0 bridgehead atoms. The van der Waals surface area contributed by atoms with Crippen molar-refractivity contribution in [1.82, 2.24) is 5.32 Å². The van der Waals surface area contributed by atoms with Crippen LogP contribution in [0, 0.1) is 0 Å². The van der Waals surface area contributed by atoms with Crippen LogP contribution in [0.5, 0.6) is 5.75 Å². The normalized spacial score (nSPS) is 12.9. The lowest BCUT2D eigenvalue weighted by molar-refractivity contribution is 0.476. The highest BCUT2D eigenvalue weighted by atomic mass is 19.1. The topological polar surface area (TPSA) is 32.3 Å². The molecule has 0 aliphatic heterocycles. The van der Waals surface area contributed by atoms with Crippen LogP contribution >= 0.6 is 0 Å². The molecule has 27 heavy (non-hydrogen) atoms. The van der Waals surface area contributed by atoms with Crippen molar-refractivity contribution in [3.05, 3.63) is 90.3 Å². The number of aromatic hydroxyl groups is 1. The number of hydrogen-bond donors (Lipinski definition) is 2. The van der Waals surface area contributed by atoms with Gasteiger partial charge in [-0.15, -0.1) is 0 Å². The number of phenolic OH excluding ortho intramolecular Hbond substituents is 1. The average Bonchev–Trinajstić information content (AvgIpc) is 2.68. The Labute approximate surface area is 162 Å². The first-order valence-electron chi connectivity index (χ1n) is 9.23. The minimum absolute atomic E-state index is 0.000871. The van der Waals surface area contributed by atoms with Crippen LogP contribution in [0.1, 0.15) is 38.8 Å². The Morgan fingerprint density at radius 3 is 2.41 bits per heavy atom. The fourth-order valence-electron chi connectivity index (χ4n) is 2.86. The Bertz CT molecular complexity index is 849. The molecule has 3 heteroatoms. The second kappa shape index (κ2) is 11.1. The summed E-state index contributed by atoms with van der Waals surface area (Å²) >= 11 is 0. The van der Waals surface area contributed by atoms with Gasteiger partial charge in [0.25, 0.3) is 0 Å². The number of hydrogen-bond acceptors (Lipinski definition) is 2. The van der Waals surface area contributed by atoms with Gasteiger partial charge in [0.15, 0.2) is 0 Å². The van der Waals surface area contributed by atoms with E-state index >= 15 is 0 Å². The number of rotatable bonds is 7. The molecule has 2 nitrogen and oxygen atoms in total. The summed E-state index contributed by atoms with van der Waals surface area (Å²) in [6, 6.07) is 11.3. The molecule has 0 aliphatic carbocycles. The van der Waals surface area contributed by atoms with Crippen molar-refractivity contribution in [3.8, 4) is 5.75 Å². The Balaban J connectivity index is 0.00000176. The summed E-state index contributed by atoms with van der Waals surface area (Å²) in [6.45, 7) is 13.5. The highest BCUT2D eigenvalue weighted by Gasteiger charge is 2.14. The number of benzene rings is 2. The van der Waals surface area contributed by atoms with Gasteiger partial charge in [0.2, 0.25) is 0 Å². The first-order valence-corrected chi connectivity index (χ1v) is 9.23.